The lowest BCUT2D eigenvalue weighted by atomic mass is 9.96. The molecule has 0 amide bonds. The first-order valence-electron chi connectivity index (χ1n) is 12.0. The highest BCUT2D eigenvalue weighted by molar-refractivity contribution is 8.03. The molecule has 1 atom stereocenters. The van der Waals surface area contributed by atoms with Crippen molar-refractivity contribution < 1.29 is 0 Å². The quantitative estimate of drug-likeness (QED) is 0.361. The fourth-order valence-electron chi connectivity index (χ4n) is 4.27. The molecule has 2 N–H and O–H groups in total. The third-order valence-corrected chi connectivity index (χ3v) is 7.08. The van der Waals surface area contributed by atoms with Crippen LogP contribution in [-0.2, 0) is 0 Å². The summed E-state index contributed by atoms with van der Waals surface area (Å²) in [7, 11) is 0. The van der Waals surface area contributed by atoms with Crippen molar-refractivity contribution >= 4 is 28.2 Å². The van der Waals surface area contributed by atoms with Gasteiger partial charge < -0.3 is 5.73 Å². The molecule has 0 heterocycles. The van der Waals surface area contributed by atoms with E-state index in [2.05, 4.69) is 117 Å². The Hall–Kier alpha value is -3.23. The van der Waals surface area contributed by atoms with E-state index in [0.29, 0.717) is 5.92 Å². The van der Waals surface area contributed by atoms with E-state index in [9.17, 15) is 0 Å². The molecule has 2 aliphatic rings. The molecule has 34 heavy (non-hydrogen) atoms. The van der Waals surface area contributed by atoms with Crippen molar-refractivity contribution in [2.45, 2.75) is 38.0 Å². The number of hydrogen-bond donors (Lipinski definition) is 1. The van der Waals surface area contributed by atoms with Gasteiger partial charge in [0, 0.05) is 15.5 Å². The second-order valence-corrected chi connectivity index (χ2v) is 10.0. The van der Waals surface area contributed by atoms with E-state index in [4.69, 9.17) is 5.73 Å². The summed E-state index contributed by atoms with van der Waals surface area (Å²) < 4.78 is 0. The third-order valence-electron chi connectivity index (χ3n) is 5.91. The number of hydrogen-bond acceptors (Lipinski definition) is 2. The van der Waals surface area contributed by atoms with Crippen LogP contribution in [0.25, 0.3) is 10.8 Å². The largest absolute Gasteiger partial charge is 0.398 e. The Kier molecular flexibility index (Phi) is 8.27. The molecule has 2 aromatic carbocycles. The number of nitrogens with two attached hydrogens (primary N) is 1. The first kappa shape index (κ1) is 23.9. The second kappa shape index (κ2) is 11.8. The molecule has 1 unspecified atom stereocenters. The zero-order valence-corrected chi connectivity index (χ0v) is 20.9. The van der Waals surface area contributed by atoms with E-state index < -0.39 is 0 Å². The third kappa shape index (κ3) is 6.42. The molecule has 0 aromatic heterocycles. The number of rotatable bonds is 4. The lowest BCUT2D eigenvalue weighted by molar-refractivity contribution is 0.821. The first-order chi connectivity index (χ1) is 16.6. The monoisotopic (exact) mass is 463 g/mol. The van der Waals surface area contributed by atoms with E-state index in [1.807, 2.05) is 6.07 Å². The molecule has 0 radical (unpaired) electrons. The number of benzene rings is 2. The van der Waals surface area contributed by atoms with Crippen molar-refractivity contribution in [1.82, 2.24) is 0 Å². The number of allylic oxidation sites excluding steroid dienone is 15. The van der Waals surface area contributed by atoms with E-state index >= 15 is 0 Å². The van der Waals surface area contributed by atoms with E-state index in [-0.39, 0.29) is 0 Å². The van der Waals surface area contributed by atoms with Gasteiger partial charge in [0.25, 0.3) is 0 Å². The highest BCUT2D eigenvalue weighted by Crippen LogP contribution is 2.39. The van der Waals surface area contributed by atoms with Gasteiger partial charge in [0.05, 0.1) is 0 Å². The normalized spacial score (nSPS) is 24.4. The summed E-state index contributed by atoms with van der Waals surface area (Å²) in [6.07, 6.45) is 30.0. The average Bonchev–Trinajstić information content (AvgIpc) is 2.83. The molecule has 172 valence electrons. The molecule has 0 saturated heterocycles. The van der Waals surface area contributed by atoms with Crippen LogP contribution in [-0.4, -0.2) is 0 Å². The molecule has 2 heteroatoms. The Morgan fingerprint density at radius 3 is 2.65 bits per heavy atom. The Balaban J connectivity index is 1.76. The highest BCUT2D eigenvalue weighted by atomic mass is 32.2. The summed E-state index contributed by atoms with van der Waals surface area (Å²) in [5, 5.41) is 2.41. The molecular weight excluding hydrogens is 430 g/mol. The van der Waals surface area contributed by atoms with E-state index in [0.717, 1.165) is 29.8 Å². The molecular formula is C32H33NS. The van der Waals surface area contributed by atoms with Gasteiger partial charge >= 0.3 is 0 Å². The van der Waals surface area contributed by atoms with E-state index in [1.165, 1.54) is 32.4 Å². The lowest BCUT2D eigenvalue weighted by Gasteiger charge is -2.13. The van der Waals surface area contributed by atoms with Crippen LogP contribution in [0.15, 0.2) is 136 Å². The molecule has 0 saturated carbocycles. The van der Waals surface area contributed by atoms with Gasteiger partial charge in [-0.1, -0.05) is 115 Å². The highest BCUT2D eigenvalue weighted by Gasteiger charge is 2.10. The summed E-state index contributed by atoms with van der Waals surface area (Å²) in [4.78, 5) is 2.33. The Morgan fingerprint density at radius 2 is 1.82 bits per heavy atom. The van der Waals surface area contributed by atoms with Gasteiger partial charge in [-0.05, 0) is 73.1 Å². The van der Waals surface area contributed by atoms with Gasteiger partial charge in [0.1, 0.15) is 0 Å². The summed E-state index contributed by atoms with van der Waals surface area (Å²) in [5.41, 5.74) is 11.3. The van der Waals surface area contributed by atoms with Crippen LogP contribution < -0.4 is 5.73 Å². The fourth-order valence-corrected chi connectivity index (χ4v) is 5.38. The van der Waals surface area contributed by atoms with Crippen LogP contribution in [0.1, 0.15) is 33.1 Å². The predicted octanol–water partition coefficient (Wildman–Crippen LogP) is 9.26. The summed E-state index contributed by atoms with van der Waals surface area (Å²) in [6, 6.07) is 12.6. The van der Waals surface area contributed by atoms with Crippen molar-refractivity contribution in [2.75, 3.05) is 5.73 Å². The zero-order valence-electron chi connectivity index (χ0n) is 20.1. The molecule has 0 spiro atoms. The van der Waals surface area contributed by atoms with Gasteiger partial charge in [-0.2, -0.15) is 0 Å². The SMILES string of the molecule is CC(C)=CC1\C=C(Sc2c(N)ccc3ccccc23)/C=C/C=C(C2=CC=CCC2)\C=C/C=C/C1. The standard InChI is InChI=1S/C32H33NS/c1-24(2)22-25-12-5-3-6-15-27(26-13-7-4-8-14-26)17-11-18-29(23-25)34-32-30-19-10-9-16-28(30)20-21-31(32)33/h3-7,9-11,13,15-23,25H,8,12,14,33H2,1-2H3/b5-3+,15-6-,18-11+,27-17+,29-23+. The van der Waals surface area contributed by atoms with E-state index in [1.54, 1.807) is 11.8 Å². The molecule has 4 rings (SSSR count). The van der Waals surface area contributed by atoms with Crippen LogP contribution in [0.3, 0.4) is 0 Å². The number of anilines is 1. The van der Waals surface area contributed by atoms with Crippen molar-refractivity contribution in [3.05, 3.63) is 131 Å². The smallest absolute Gasteiger partial charge is 0.0462 e. The first-order valence-corrected chi connectivity index (χ1v) is 12.8. The Bertz CT molecular complexity index is 1270. The predicted molar refractivity (Wildman–Crippen MR) is 152 cm³/mol. The van der Waals surface area contributed by atoms with Gasteiger partial charge in [0.2, 0.25) is 0 Å². The average molecular weight is 464 g/mol. The molecule has 1 nitrogen and oxygen atoms in total. The van der Waals surface area contributed by atoms with Gasteiger partial charge in [-0.15, -0.1) is 0 Å². The van der Waals surface area contributed by atoms with Gasteiger partial charge in [-0.3, -0.25) is 0 Å². The Morgan fingerprint density at radius 1 is 0.941 bits per heavy atom. The van der Waals surface area contributed by atoms with Crippen molar-refractivity contribution in [1.29, 1.82) is 0 Å². The van der Waals surface area contributed by atoms with Crippen molar-refractivity contribution in [2.24, 2.45) is 5.92 Å². The van der Waals surface area contributed by atoms with Crippen LogP contribution in [0.4, 0.5) is 5.69 Å². The molecule has 0 bridgehead atoms. The molecule has 2 aromatic rings. The summed E-state index contributed by atoms with van der Waals surface area (Å²) >= 11 is 1.76. The topological polar surface area (TPSA) is 26.0 Å². The molecule has 0 fully saturated rings. The maximum atomic E-state index is 6.48. The van der Waals surface area contributed by atoms with Crippen molar-refractivity contribution in [3.63, 3.8) is 0 Å². The minimum absolute atomic E-state index is 0.326. The zero-order chi connectivity index (χ0) is 23.8. The maximum Gasteiger partial charge on any atom is 0.0462 e. The number of nitrogen functional groups attached to an aromatic ring is 1. The second-order valence-electron chi connectivity index (χ2n) is 8.95. The van der Waals surface area contributed by atoms with Gasteiger partial charge in [-0.25, -0.2) is 0 Å². The van der Waals surface area contributed by atoms with Gasteiger partial charge in [0.15, 0.2) is 0 Å². The number of fused-ring (bicyclic) bond motifs is 1. The lowest BCUT2D eigenvalue weighted by Crippen LogP contribution is -1.95. The van der Waals surface area contributed by atoms with Crippen LogP contribution in [0.2, 0.25) is 0 Å². The minimum atomic E-state index is 0.326. The van der Waals surface area contributed by atoms with Crippen LogP contribution in [0, 0.1) is 5.92 Å². The molecule has 2 aliphatic carbocycles. The van der Waals surface area contributed by atoms with Crippen molar-refractivity contribution in [3.8, 4) is 0 Å². The maximum absolute atomic E-state index is 6.48. The summed E-state index contributed by atoms with van der Waals surface area (Å²) in [5.74, 6) is 0.326. The number of thioether (sulfide) groups is 1. The van der Waals surface area contributed by atoms with Crippen LogP contribution >= 0.6 is 11.8 Å². The Labute approximate surface area is 208 Å². The fraction of sp³-hybridized carbons (Fsp3) is 0.188. The minimum Gasteiger partial charge on any atom is -0.398 e. The molecule has 0 aliphatic heterocycles. The van der Waals surface area contributed by atoms with Crippen LogP contribution in [0.5, 0.6) is 0 Å². The summed E-state index contributed by atoms with van der Waals surface area (Å²) in [6.45, 7) is 4.33.